The zero-order valence-corrected chi connectivity index (χ0v) is 75.3. The van der Waals surface area contributed by atoms with E-state index in [0.29, 0.717) is 143 Å². The molecule has 23 aliphatic rings. The number of ether oxygens (including phenoxy) is 6. The van der Waals surface area contributed by atoms with Gasteiger partial charge in [0.1, 0.15) is 28.9 Å². The number of carbonyl (C=O) groups excluding carboxylic acids is 6. The summed E-state index contributed by atoms with van der Waals surface area (Å²) in [6, 6.07) is 0. The maximum absolute atomic E-state index is 12.6. The molecule has 0 amide bonds. The lowest BCUT2D eigenvalue weighted by molar-refractivity contribution is -0.240. The minimum atomic E-state index is -0.358. The number of hydrogen-bond donors (Lipinski definition) is 3. The second-order valence-corrected chi connectivity index (χ2v) is 47.1. The second-order valence-electron chi connectivity index (χ2n) is 47.1. The van der Waals surface area contributed by atoms with Crippen molar-refractivity contribution >= 4 is 34.7 Å². The van der Waals surface area contributed by atoms with Crippen LogP contribution in [0, 0.1) is 167 Å². The number of aliphatic hydroxyl groups excluding tert-OH is 3. The van der Waals surface area contributed by atoms with E-state index in [0.717, 1.165) is 260 Å². The molecule has 23 rings (SSSR count). The maximum Gasteiger partial charge on any atom is 0.168 e. The molecule has 20 aliphatic carbocycles. The Balaban J connectivity index is 0.0000000987. The number of aliphatic hydroxyl groups is 3. The lowest BCUT2D eigenvalue weighted by Crippen LogP contribution is -2.58. The Bertz CT molecular complexity index is 3760. The monoisotopic (exact) mass is 1650 g/mol. The summed E-state index contributed by atoms with van der Waals surface area (Å²) in [4.78, 5) is 73.8. The van der Waals surface area contributed by atoms with E-state index in [1.54, 1.807) is 0 Å². The predicted molar refractivity (Wildman–Crippen MR) is 455 cm³/mol. The van der Waals surface area contributed by atoms with Gasteiger partial charge in [-0.3, -0.25) is 28.8 Å². The van der Waals surface area contributed by atoms with E-state index in [4.69, 9.17) is 28.4 Å². The molecule has 15 heteroatoms. The average molecular weight is 1650 g/mol. The Kier molecular flexibility index (Phi) is 22.8. The summed E-state index contributed by atoms with van der Waals surface area (Å²) in [6.45, 7) is 23.5. The summed E-state index contributed by atoms with van der Waals surface area (Å²) in [5, 5.41) is 31.7. The first-order valence-corrected chi connectivity index (χ1v) is 50.7. The highest BCUT2D eigenvalue weighted by Gasteiger charge is 2.70. The van der Waals surface area contributed by atoms with Gasteiger partial charge in [-0.25, -0.2) is 0 Å². The molecule has 3 spiro atoms. The summed E-state index contributed by atoms with van der Waals surface area (Å²) >= 11 is 0. The van der Waals surface area contributed by atoms with Gasteiger partial charge in [-0.1, -0.05) is 61.0 Å². The van der Waals surface area contributed by atoms with E-state index < -0.39 is 0 Å². The summed E-state index contributed by atoms with van der Waals surface area (Å²) < 4.78 is 36.2. The van der Waals surface area contributed by atoms with E-state index in [1.807, 2.05) is 6.08 Å². The molecule has 3 aliphatic heterocycles. The summed E-state index contributed by atoms with van der Waals surface area (Å²) in [6.07, 6.45) is 53.3. The third-order valence-electron chi connectivity index (χ3n) is 44.7. The van der Waals surface area contributed by atoms with Gasteiger partial charge in [0.25, 0.3) is 0 Å². The smallest absolute Gasteiger partial charge is 0.168 e. The van der Waals surface area contributed by atoms with Crippen LogP contribution < -0.4 is 0 Å². The van der Waals surface area contributed by atoms with Crippen molar-refractivity contribution in [3.05, 3.63) is 11.6 Å². The van der Waals surface area contributed by atoms with Gasteiger partial charge in [0.05, 0.1) is 45.7 Å². The molecule has 0 radical (unpaired) electrons. The number of hydrogen-bond acceptors (Lipinski definition) is 15. The minimum absolute atomic E-state index is 0.00653. The topological polar surface area (TPSA) is 218 Å². The van der Waals surface area contributed by atoms with Crippen LogP contribution in [0.1, 0.15) is 357 Å². The molecule has 0 aromatic carbocycles. The van der Waals surface area contributed by atoms with Crippen molar-refractivity contribution in [1.29, 1.82) is 0 Å². The van der Waals surface area contributed by atoms with Crippen molar-refractivity contribution in [3.63, 3.8) is 0 Å². The fourth-order valence-electron chi connectivity index (χ4n) is 38.2. The highest BCUT2D eigenvalue weighted by Crippen LogP contribution is 2.74. The Morgan fingerprint density at radius 2 is 0.681 bits per heavy atom. The molecule has 0 bridgehead atoms. The third-order valence-corrected chi connectivity index (χ3v) is 44.7. The van der Waals surface area contributed by atoms with Crippen LogP contribution in [-0.4, -0.2) is 126 Å². The highest BCUT2D eigenvalue weighted by molar-refractivity contribution is 5.92. The fourth-order valence-corrected chi connectivity index (χ4v) is 38.2. The first-order valence-electron chi connectivity index (χ1n) is 50.7. The lowest BCUT2D eigenvalue weighted by Gasteiger charge is -2.62. The van der Waals surface area contributed by atoms with Crippen molar-refractivity contribution in [3.8, 4) is 0 Å². The van der Waals surface area contributed by atoms with Gasteiger partial charge < -0.3 is 43.7 Å². The number of rotatable bonds is 5. The van der Waals surface area contributed by atoms with Crippen molar-refractivity contribution in [2.45, 2.75) is 381 Å². The van der Waals surface area contributed by atoms with E-state index in [1.165, 1.54) is 115 Å². The van der Waals surface area contributed by atoms with Crippen molar-refractivity contribution in [2.24, 2.45) is 167 Å². The normalized spacial score (nSPS) is 51.1. The number of allylic oxidation sites excluding steroid dienone is 1. The highest BCUT2D eigenvalue weighted by atomic mass is 16.7. The summed E-state index contributed by atoms with van der Waals surface area (Å²) in [5.41, 5.74) is 2.78. The van der Waals surface area contributed by atoms with Crippen LogP contribution >= 0.6 is 0 Å². The van der Waals surface area contributed by atoms with Gasteiger partial charge in [-0.2, -0.15) is 0 Å². The van der Waals surface area contributed by atoms with Crippen LogP contribution in [0.2, 0.25) is 0 Å². The zero-order chi connectivity index (χ0) is 82.9. The summed E-state index contributed by atoms with van der Waals surface area (Å²) in [7, 11) is 0. The molecular formula is C104H158O15. The van der Waals surface area contributed by atoms with Gasteiger partial charge in [-0.15, -0.1) is 0 Å². The molecule has 0 aromatic heterocycles. The first-order chi connectivity index (χ1) is 57.1. The Hall–Kier alpha value is -2.60. The van der Waals surface area contributed by atoms with Crippen LogP contribution in [0.25, 0.3) is 0 Å². The molecule has 3 heterocycles. The Labute approximate surface area is 715 Å². The predicted octanol–water partition coefficient (Wildman–Crippen LogP) is 20.2. The zero-order valence-electron chi connectivity index (χ0n) is 75.3. The number of fused-ring (bicyclic) bond motifs is 25. The summed E-state index contributed by atoms with van der Waals surface area (Å²) in [5.74, 6) is 14.7. The van der Waals surface area contributed by atoms with Crippen molar-refractivity contribution in [2.75, 3.05) is 52.9 Å². The van der Waals surface area contributed by atoms with Crippen LogP contribution in [0.15, 0.2) is 11.6 Å². The second kappa shape index (κ2) is 31.7. The Morgan fingerprint density at radius 1 is 0.319 bits per heavy atom. The van der Waals surface area contributed by atoms with Gasteiger partial charge in [-0.05, 0) is 369 Å². The lowest BCUT2D eigenvalue weighted by atomic mass is 9.43. The number of ketones is 6. The van der Waals surface area contributed by atoms with E-state index >= 15 is 0 Å². The van der Waals surface area contributed by atoms with E-state index in [-0.39, 0.29) is 66.8 Å². The molecule has 19 saturated carbocycles. The van der Waals surface area contributed by atoms with Crippen molar-refractivity contribution < 1.29 is 72.5 Å². The van der Waals surface area contributed by atoms with E-state index in [9.17, 15) is 44.1 Å². The van der Waals surface area contributed by atoms with Gasteiger partial charge in [0.15, 0.2) is 23.1 Å². The number of carbonyl (C=O) groups is 6. The van der Waals surface area contributed by atoms with Crippen LogP contribution in [0.4, 0.5) is 0 Å². The van der Waals surface area contributed by atoms with Crippen LogP contribution in [0.3, 0.4) is 0 Å². The quantitative estimate of drug-likeness (QED) is 0.233. The van der Waals surface area contributed by atoms with Crippen molar-refractivity contribution in [1.82, 2.24) is 0 Å². The standard InChI is InChI=1S/C22H34O3.C21H34O4.C21H32O4.C20H30O2.C20H28O2/c1-3-21-10-11-22(24-12-13-25-22)14-15(21)4-5-16-17-6-7-19(23)20(17,2)9-8-18(16)21;2*1-19-7-6-17-15(16(19)4-5-18(19)23)3-2-14-12-21(24-10-11-25-21)9-8-20(14,17)13-22;2*1-3-20-11-8-14(21)12-13(20)4-5-15-16-6-7-18(22)19(16,2)10-9-17(15)20/h15-18H,3-14H2,1-2H3;14-18,22-23H,2-13H2,1H3;14-17,22H,2-13H2,1H3;13,15-17H,3-12H2,1-2H3;12,15-17H,3-11H2,1-2H3/t15-,16-,17-,18-,20-,21-;14-,15-,16-,17-,18-,19-,20+;14-,15-,16-,17-,19-,20+;13-,15-,16-,17-,19-,20-;15-,16-,17-,19-,20-/m00000/s1. The molecule has 0 aromatic rings. The molecular weight excluding hydrogens is 1490 g/mol. The Morgan fingerprint density at radius 3 is 1.09 bits per heavy atom. The van der Waals surface area contributed by atoms with Crippen LogP contribution in [-0.2, 0) is 57.2 Å². The fraction of sp³-hybridized carbons (Fsp3) is 0.923. The van der Waals surface area contributed by atoms with Gasteiger partial charge in [0.2, 0.25) is 0 Å². The third kappa shape index (κ3) is 13.2. The SMILES string of the molecule is CC[C@]12CCC(=O)C=C1CC[C@@H]1[C@@H]2CC[C@]2(C)C(=O)CC[C@@H]12.CC[C@]12CCC(=O)C[C@@H]1CC[C@@H]1[C@@H]2CC[C@]2(C)C(=O)CC[C@@H]12.CC[C@]12CCC3(C[C@@H]1CC[C@@H]1[C@@H]2CC[C@]2(C)C(=O)CC[C@@H]12)OCCO3.C[C@]12CC[C@H]3[C@@H](CC[C@H]4CC5(CC[C@@]43CO)OCCO5)[C@@H]1CCC2=O.C[C@]12CC[C@H]3[C@@H](CC[C@H]4CC5(CC[C@@]43CO)OCCO5)[C@@H]1CC[C@@H]2O. The van der Waals surface area contributed by atoms with Crippen LogP contribution in [0.5, 0.6) is 0 Å². The molecule has 22 fully saturated rings. The van der Waals surface area contributed by atoms with Gasteiger partial charge >= 0.3 is 0 Å². The van der Waals surface area contributed by atoms with Gasteiger partial charge in [0, 0.05) is 118 Å². The molecule has 3 N–H and O–H groups in total. The number of Topliss-reactive ketones (excluding diaryl/α,β-unsaturated/α-hetero) is 5. The molecule has 664 valence electrons. The molecule has 30 atom stereocenters. The minimum Gasteiger partial charge on any atom is -0.396 e. The largest absolute Gasteiger partial charge is 0.396 e. The molecule has 15 nitrogen and oxygen atoms in total. The molecule has 3 saturated heterocycles. The molecule has 0 unspecified atom stereocenters. The average Bonchev–Trinajstić information content (AvgIpc) is 1.70. The maximum atomic E-state index is 12.6. The molecule has 119 heavy (non-hydrogen) atoms. The first kappa shape index (κ1) is 85.8. The van der Waals surface area contributed by atoms with E-state index in [2.05, 4.69) is 55.4 Å².